The standard InChI is InChI=1S/C22H32N2O8S/c1-4-31-20(26)17-5-6-18(32-17)33(28,29)24-13-9-16(10-14-24)19(25)23-22(21(27)30-3)11-7-15(2)8-12-22/h5-6,15-16H,4,7-14H2,1-3H3,(H,23,25). The Morgan fingerprint density at radius 3 is 2.36 bits per heavy atom. The van der Waals surface area contributed by atoms with Gasteiger partial charge in [-0.1, -0.05) is 6.92 Å². The highest BCUT2D eigenvalue weighted by Gasteiger charge is 2.45. The Morgan fingerprint density at radius 2 is 1.79 bits per heavy atom. The molecule has 0 bridgehead atoms. The van der Waals surface area contributed by atoms with Gasteiger partial charge in [0.1, 0.15) is 5.54 Å². The zero-order chi connectivity index (χ0) is 24.2. The number of ether oxygens (including phenoxy) is 2. The Kier molecular flexibility index (Phi) is 7.84. The molecular weight excluding hydrogens is 452 g/mol. The van der Waals surface area contributed by atoms with Gasteiger partial charge in [0.25, 0.3) is 10.0 Å². The molecule has 1 aromatic heterocycles. The molecule has 0 atom stereocenters. The number of nitrogens with zero attached hydrogens (tertiary/aromatic N) is 1. The van der Waals surface area contributed by atoms with E-state index >= 15 is 0 Å². The second kappa shape index (κ2) is 10.3. The number of hydrogen-bond acceptors (Lipinski definition) is 8. The molecule has 0 spiro atoms. The van der Waals surface area contributed by atoms with E-state index in [1.165, 1.54) is 23.5 Å². The molecule has 1 N–H and O–H groups in total. The van der Waals surface area contributed by atoms with E-state index in [9.17, 15) is 22.8 Å². The summed E-state index contributed by atoms with van der Waals surface area (Å²) in [6, 6.07) is 2.49. The Morgan fingerprint density at radius 1 is 1.15 bits per heavy atom. The van der Waals surface area contributed by atoms with Crippen LogP contribution in [0.1, 0.15) is 62.9 Å². The van der Waals surface area contributed by atoms with E-state index in [2.05, 4.69) is 12.2 Å². The third kappa shape index (κ3) is 5.40. The smallest absolute Gasteiger partial charge is 0.374 e. The number of hydrogen-bond donors (Lipinski definition) is 1. The monoisotopic (exact) mass is 484 g/mol. The molecular formula is C22H32N2O8S. The number of methoxy groups -OCH3 is 1. The summed E-state index contributed by atoms with van der Waals surface area (Å²) < 4.78 is 42.1. The summed E-state index contributed by atoms with van der Waals surface area (Å²) in [5.41, 5.74) is -1.01. The van der Waals surface area contributed by atoms with Crippen molar-refractivity contribution in [2.75, 3.05) is 26.8 Å². The first-order valence-corrected chi connectivity index (χ1v) is 12.7. The molecule has 11 heteroatoms. The van der Waals surface area contributed by atoms with Crippen LogP contribution in [0.15, 0.2) is 21.6 Å². The summed E-state index contributed by atoms with van der Waals surface area (Å²) in [4.78, 5) is 37.2. The normalized spacial score (nSPS) is 24.8. The van der Waals surface area contributed by atoms with Gasteiger partial charge in [-0.2, -0.15) is 4.31 Å². The molecule has 1 amide bonds. The molecule has 1 aromatic rings. The van der Waals surface area contributed by atoms with E-state index in [1.54, 1.807) is 6.92 Å². The molecule has 0 unspecified atom stereocenters. The van der Waals surface area contributed by atoms with Crippen LogP contribution in [-0.2, 0) is 29.1 Å². The maximum Gasteiger partial charge on any atom is 0.374 e. The number of nitrogens with one attached hydrogen (secondary N) is 1. The van der Waals surface area contributed by atoms with E-state index in [4.69, 9.17) is 13.9 Å². The molecule has 1 saturated carbocycles. The molecule has 10 nitrogen and oxygen atoms in total. The number of amides is 1. The molecule has 1 aliphatic heterocycles. The molecule has 3 rings (SSSR count). The molecule has 2 heterocycles. The van der Waals surface area contributed by atoms with Crippen molar-refractivity contribution in [1.82, 2.24) is 9.62 Å². The Bertz CT molecular complexity index is 970. The molecule has 0 radical (unpaired) electrons. The van der Waals surface area contributed by atoms with E-state index < -0.39 is 33.4 Å². The predicted octanol–water partition coefficient (Wildman–Crippen LogP) is 2.10. The molecule has 0 aromatic carbocycles. The average molecular weight is 485 g/mol. The number of esters is 2. The summed E-state index contributed by atoms with van der Waals surface area (Å²) in [6.07, 6.45) is 3.32. The lowest BCUT2D eigenvalue weighted by Gasteiger charge is -2.39. The SMILES string of the molecule is CCOC(=O)c1ccc(S(=O)(=O)N2CCC(C(=O)NC3(C(=O)OC)CCC(C)CC3)CC2)o1. The van der Waals surface area contributed by atoms with Crippen molar-refractivity contribution in [2.24, 2.45) is 11.8 Å². The van der Waals surface area contributed by atoms with Gasteiger partial charge in [-0.25, -0.2) is 18.0 Å². The molecule has 33 heavy (non-hydrogen) atoms. The second-order valence-electron chi connectivity index (χ2n) is 8.76. The van der Waals surface area contributed by atoms with Crippen molar-refractivity contribution in [3.05, 3.63) is 17.9 Å². The quantitative estimate of drug-likeness (QED) is 0.582. The zero-order valence-electron chi connectivity index (χ0n) is 19.3. The zero-order valence-corrected chi connectivity index (χ0v) is 20.1. The maximum absolute atomic E-state index is 13.0. The number of carbonyl (C=O) groups excluding carboxylic acids is 3. The van der Waals surface area contributed by atoms with Crippen molar-refractivity contribution >= 4 is 27.9 Å². The summed E-state index contributed by atoms with van der Waals surface area (Å²) in [7, 11) is -2.63. The van der Waals surface area contributed by atoms with E-state index in [-0.39, 0.29) is 36.5 Å². The van der Waals surface area contributed by atoms with Gasteiger partial charge < -0.3 is 19.2 Å². The van der Waals surface area contributed by atoms with Crippen LogP contribution in [0.4, 0.5) is 0 Å². The summed E-state index contributed by atoms with van der Waals surface area (Å²) in [6.45, 7) is 4.15. The van der Waals surface area contributed by atoms with Crippen LogP contribution < -0.4 is 5.32 Å². The van der Waals surface area contributed by atoms with Crippen LogP contribution >= 0.6 is 0 Å². The van der Waals surface area contributed by atoms with Gasteiger partial charge >= 0.3 is 11.9 Å². The largest absolute Gasteiger partial charge is 0.467 e. The van der Waals surface area contributed by atoms with Crippen LogP contribution in [0.25, 0.3) is 0 Å². The first-order chi connectivity index (χ1) is 15.6. The van der Waals surface area contributed by atoms with Crippen LogP contribution in [0.2, 0.25) is 0 Å². The summed E-state index contributed by atoms with van der Waals surface area (Å²) >= 11 is 0. The number of piperidine rings is 1. The van der Waals surface area contributed by atoms with Gasteiger partial charge in [0.15, 0.2) is 0 Å². The average Bonchev–Trinajstić information content (AvgIpc) is 3.32. The molecule has 2 aliphatic rings. The van der Waals surface area contributed by atoms with Gasteiger partial charge in [0.2, 0.25) is 16.8 Å². The van der Waals surface area contributed by atoms with Crippen molar-refractivity contribution in [3.8, 4) is 0 Å². The van der Waals surface area contributed by atoms with Gasteiger partial charge in [0, 0.05) is 19.0 Å². The van der Waals surface area contributed by atoms with Crippen LogP contribution in [0, 0.1) is 11.8 Å². The van der Waals surface area contributed by atoms with Crippen LogP contribution in [0.3, 0.4) is 0 Å². The molecule has 1 aliphatic carbocycles. The van der Waals surface area contributed by atoms with Gasteiger partial charge in [-0.05, 0) is 63.5 Å². The first-order valence-electron chi connectivity index (χ1n) is 11.3. The summed E-state index contributed by atoms with van der Waals surface area (Å²) in [5, 5.41) is 2.60. The minimum Gasteiger partial charge on any atom is -0.467 e. The topological polar surface area (TPSA) is 132 Å². The van der Waals surface area contributed by atoms with Gasteiger partial charge in [0.05, 0.1) is 13.7 Å². The number of rotatable bonds is 7. The van der Waals surface area contributed by atoms with Crippen molar-refractivity contribution < 1.29 is 36.7 Å². The number of carbonyl (C=O) groups is 3. The molecule has 2 fully saturated rings. The van der Waals surface area contributed by atoms with E-state index in [0.717, 1.165) is 12.8 Å². The highest BCUT2D eigenvalue weighted by atomic mass is 32.2. The van der Waals surface area contributed by atoms with Crippen molar-refractivity contribution in [1.29, 1.82) is 0 Å². The summed E-state index contributed by atoms with van der Waals surface area (Å²) in [5.74, 6) is -1.53. The minimum atomic E-state index is -3.95. The number of sulfonamides is 1. The molecule has 1 saturated heterocycles. The van der Waals surface area contributed by atoms with Crippen LogP contribution in [-0.4, -0.2) is 62.9 Å². The fraction of sp³-hybridized carbons (Fsp3) is 0.682. The van der Waals surface area contributed by atoms with Crippen molar-refractivity contribution in [3.63, 3.8) is 0 Å². The lowest BCUT2D eigenvalue weighted by molar-refractivity contribution is -0.153. The number of furan rings is 1. The fourth-order valence-electron chi connectivity index (χ4n) is 4.42. The lowest BCUT2D eigenvalue weighted by atomic mass is 9.76. The molecule has 184 valence electrons. The first kappa shape index (κ1) is 25.2. The third-order valence-electron chi connectivity index (χ3n) is 6.54. The van der Waals surface area contributed by atoms with Crippen LogP contribution in [0.5, 0.6) is 0 Å². The maximum atomic E-state index is 13.0. The lowest BCUT2D eigenvalue weighted by Crippen LogP contribution is -2.58. The third-order valence-corrected chi connectivity index (χ3v) is 8.32. The Labute approximate surface area is 194 Å². The fourth-order valence-corrected chi connectivity index (χ4v) is 5.81. The van der Waals surface area contributed by atoms with E-state index in [0.29, 0.717) is 31.6 Å². The van der Waals surface area contributed by atoms with Gasteiger partial charge in [-0.3, -0.25) is 4.79 Å². The Hall–Kier alpha value is -2.40. The predicted molar refractivity (Wildman–Crippen MR) is 117 cm³/mol. The highest BCUT2D eigenvalue weighted by molar-refractivity contribution is 7.89. The Balaban J connectivity index is 1.62. The highest BCUT2D eigenvalue weighted by Crippen LogP contribution is 2.34. The van der Waals surface area contributed by atoms with Gasteiger partial charge in [-0.15, -0.1) is 0 Å². The van der Waals surface area contributed by atoms with Crippen molar-refractivity contribution in [2.45, 2.75) is 63.0 Å². The minimum absolute atomic E-state index is 0.123. The second-order valence-corrected chi connectivity index (χ2v) is 10.6. The van der Waals surface area contributed by atoms with E-state index in [1.807, 2.05) is 0 Å².